The first-order chi connectivity index (χ1) is 18.9. The molecule has 204 valence electrons. The number of rotatable bonds is 5. The van der Waals surface area contributed by atoms with Crippen LogP contribution in [0.15, 0.2) is 95.7 Å². The smallest absolute Gasteiger partial charge is 0.244 e. The number of thiophene rings is 2. The van der Waals surface area contributed by atoms with E-state index < -0.39 is 0 Å². The molecule has 6 nitrogen and oxygen atoms in total. The summed E-state index contributed by atoms with van der Waals surface area (Å²) < 4.78 is 1.44. The molecule has 0 unspecified atom stereocenters. The molecule has 0 amide bonds. The second-order valence-corrected chi connectivity index (χ2v) is 11.1. The van der Waals surface area contributed by atoms with E-state index in [2.05, 4.69) is 10.2 Å². The largest absolute Gasteiger partial charge is 0.399 e. The van der Waals surface area contributed by atoms with Crippen molar-refractivity contribution in [2.45, 2.75) is 14.4 Å². The molecule has 0 fully saturated rings. The summed E-state index contributed by atoms with van der Waals surface area (Å²) in [5.41, 5.74) is 5.34. The highest BCUT2D eigenvalue weighted by Gasteiger charge is 2.15. The van der Waals surface area contributed by atoms with Gasteiger partial charge in [-0.1, -0.05) is 71.9 Å². The summed E-state index contributed by atoms with van der Waals surface area (Å²) in [6.45, 7) is 1.51. The average Bonchev–Trinajstić information content (AvgIpc) is 3.75. The molecule has 0 aliphatic carbocycles. The number of halogens is 2. The Morgan fingerprint density at radius 3 is 1.82 bits per heavy atom. The number of hydrogen-bond acceptors (Lipinski definition) is 6. The third kappa shape index (κ3) is 6.54. The lowest BCUT2D eigenvalue weighted by Gasteiger charge is -2.04. The Bertz CT molecular complexity index is 1670. The van der Waals surface area contributed by atoms with Crippen LogP contribution in [-0.2, 0) is 0 Å². The van der Waals surface area contributed by atoms with E-state index in [1.807, 2.05) is 95.7 Å². The van der Waals surface area contributed by atoms with Gasteiger partial charge in [-0.3, -0.25) is 4.79 Å². The molecule has 4 aromatic heterocycles. The number of benzene rings is 2. The molecule has 0 bridgehead atoms. The van der Waals surface area contributed by atoms with Crippen molar-refractivity contribution in [1.82, 2.24) is 19.7 Å². The van der Waals surface area contributed by atoms with Gasteiger partial charge in [0.15, 0.2) is 0 Å². The second-order valence-electron chi connectivity index (χ2n) is 8.28. The molecule has 0 saturated carbocycles. The minimum Gasteiger partial charge on any atom is -0.399 e. The minimum absolute atomic E-state index is 0. The van der Waals surface area contributed by atoms with Crippen LogP contribution in [-0.4, -0.2) is 32.7 Å². The van der Waals surface area contributed by atoms with Gasteiger partial charge in [0.25, 0.3) is 0 Å². The zero-order chi connectivity index (χ0) is 27.4. The molecule has 0 N–H and O–H groups in total. The number of nitrogens with zero attached hydrogens (tertiary/aromatic N) is 4. The van der Waals surface area contributed by atoms with Crippen LogP contribution in [0.1, 0.15) is 19.1 Å². The van der Waals surface area contributed by atoms with Gasteiger partial charge in [0.2, 0.25) is 5.91 Å². The summed E-state index contributed by atoms with van der Waals surface area (Å²) in [5.74, 6) is -0.103. The molecule has 6 aromatic rings. The maximum Gasteiger partial charge on any atom is 0.244 e. The Kier molecular flexibility index (Phi) is 9.60. The molecule has 0 atom stereocenters. The minimum atomic E-state index is -0.103. The lowest BCUT2D eigenvalue weighted by atomic mass is 10.1. The first-order valence-corrected chi connectivity index (χ1v) is 14.3. The highest BCUT2D eigenvalue weighted by molar-refractivity contribution is 7.13. The van der Waals surface area contributed by atoms with Gasteiger partial charge in [-0.2, -0.15) is 9.78 Å². The molecule has 10 heteroatoms. The Labute approximate surface area is 251 Å². The van der Waals surface area contributed by atoms with Gasteiger partial charge in [-0.05, 0) is 59.3 Å². The fourth-order valence-corrected chi connectivity index (χ4v) is 5.51. The third-order valence-electron chi connectivity index (χ3n) is 5.69. The Morgan fingerprint density at radius 2 is 1.30 bits per heavy atom. The van der Waals surface area contributed by atoms with E-state index in [0.29, 0.717) is 10.0 Å². The van der Waals surface area contributed by atoms with Crippen molar-refractivity contribution in [3.05, 3.63) is 106 Å². The standard InChI is InChI=1S/C15H11ClN2OS.C14H11ClN2OS.CH4/c1-10(19)18-14(15-3-2-8-20-15)9-13(17-18)11-4-6-12(16)7-5-11;1-18-17-13(10-4-6-11(15)7-5-10)9-12(16-17)14-3-2-8-19-14;/h2-9H,1H3;2-9H,1H3;1H4. The van der Waals surface area contributed by atoms with Crippen LogP contribution in [0.2, 0.25) is 10.0 Å². The number of carbonyl (C=O) groups excluding carboxylic acids is 1. The Morgan fingerprint density at radius 1 is 0.750 bits per heavy atom. The topological polar surface area (TPSA) is 61.9 Å². The van der Waals surface area contributed by atoms with E-state index in [9.17, 15) is 4.79 Å². The maximum atomic E-state index is 11.7. The van der Waals surface area contributed by atoms with Crippen LogP contribution in [0.4, 0.5) is 0 Å². The van der Waals surface area contributed by atoms with E-state index in [1.54, 1.807) is 29.8 Å². The summed E-state index contributed by atoms with van der Waals surface area (Å²) in [6.07, 6.45) is 0. The van der Waals surface area contributed by atoms with Gasteiger partial charge in [-0.15, -0.1) is 27.8 Å². The predicted molar refractivity (Wildman–Crippen MR) is 168 cm³/mol. The lowest BCUT2D eigenvalue weighted by molar-refractivity contribution is 0.0923. The van der Waals surface area contributed by atoms with E-state index in [0.717, 1.165) is 43.7 Å². The SMILES string of the molecule is C.CC(=O)n1nc(-c2ccc(Cl)cc2)cc1-c1cccs1.COn1nc(-c2cccs2)cc1-c1ccc(Cl)cc1. The fraction of sp³-hybridized carbons (Fsp3) is 0.100. The van der Waals surface area contributed by atoms with Gasteiger partial charge >= 0.3 is 0 Å². The van der Waals surface area contributed by atoms with Crippen LogP contribution in [0.25, 0.3) is 43.7 Å². The third-order valence-corrected chi connectivity index (χ3v) is 7.97. The number of hydrogen-bond donors (Lipinski definition) is 0. The van der Waals surface area contributed by atoms with Gasteiger partial charge in [0.1, 0.15) is 18.5 Å². The first kappa shape index (κ1) is 29.3. The molecule has 6 rings (SSSR count). The molecule has 0 aliphatic heterocycles. The van der Waals surface area contributed by atoms with Crippen molar-refractivity contribution in [3.63, 3.8) is 0 Å². The van der Waals surface area contributed by atoms with Gasteiger partial charge in [0.05, 0.1) is 21.1 Å². The summed E-state index contributed by atoms with van der Waals surface area (Å²) in [5, 5.41) is 14.2. The summed E-state index contributed by atoms with van der Waals surface area (Å²) in [6, 6.07) is 27.0. The van der Waals surface area contributed by atoms with Crippen LogP contribution < -0.4 is 4.84 Å². The Hall–Kier alpha value is -3.69. The molecule has 0 aliphatic rings. The average molecular weight is 610 g/mol. The van der Waals surface area contributed by atoms with Gasteiger partial charge in [-0.25, -0.2) is 0 Å². The summed E-state index contributed by atoms with van der Waals surface area (Å²) >= 11 is 15.0. The van der Waals surface area contributed by atoms with Crippen molar-refractivity contribution in [1.29, 1.82) is 0 Å². The van der Waals surface area contributed by atoms with Crippen molar-refractivity contribution in [2.75, 3.05) is 7.11 Å². The Balaban J connectivity index is 0.000000181. The molecule has 0 saturated heterocycles. The van der Waals surface area contributed by atoms with Crippen LogP contribution >= 0.6 is 45.9 Å². The van der Waals surface area contributed by atoms with Crippen molar-refractivity contribution in [3.8, 4) is 43.7 Å². The molecular formula is C30H26Cl2N4O2S2. The predicted octanol–water partition coefficient (Wildman–Crippen LogP) is 9.22. The van der Waals surface area contributed by atoms with Gasteiger partial charge < -0.3 is 4.84 Å². The maximum absolute atomic E-state index is 11.7. The van der Waals surface area contributed by atoms with E-state index in [-0.39, 0.29) is 13.3 Å². The number of aromatic nitrogens is 4. The molecular weight excluding hydrogens is 583 g/mol. The highest BCUT2D eigenvalue weighted by Crippen LogP contribution is 2.30. The van der Waals surface area contributed by atoms with E-state index in [4.69, 9.17) is 28.0 Å². The van der Waals surface area contributed by atoms with Crippen LogP contribution in [0.3, 0.4) is 0 Å². The summed E-state index contributed by atoms with van der Waals surface area (Å²) in [7, 11) is 1.60. The molecule has 40 heavy (non-hydrogen) atoms. The lowest BCUT2D eigenvalue weighted by Crippen LogP contribution is -2.09. The van der Waals surface area contributed by atoms with Gasteiger partial charge in [0, 0.05) is 28.1 Å². The second kappa shape index (κ2) is 13.1. The van der Waals surface area contributed by atoms with Crippen molar-refractivity contribution < 1.29 is 9.63 Å². The van der Waals surface area contributed by atoms with Crippen LogP contribution in [0.5, 0.6) is 0 Å². The molecule has 4 heterocycles. The quantitative estimate of drug-likeness (QED) is 0.196. The monoisotopic (exact) mass is 608 g/mol. The van der Waals surface area contributed by atoms with Crippen molar-refractivity contribution >= 4 is 51.8 Å². The zero-order valence-electron chi connectivity index (χ0n) is 20.9. The van der Waals surface area contributed by atoms with E-state index in [1.165, 1.54) is 16.5 Å². The summed E-state index contributed by atoms with van der Waals surface area (Å²) in [4.78, 5) is 20.7. The zero-order valence-corrected chi connectivity index (χ0v) is 24.1. The normalized spacial score (nSPS) is 10.4. The highest BCUT2D eigenvalue weighted by atomic mass is 35.5. The van der Waals surface area contributed by atoms with Crippen molar-refractivity contribution in [2.24, 2.45) is 0 Å². The number of carbonyl (C=O) groups is 1. The van der Waals surface area contributed by atoms with E-state index >= 15 is 0 Å². The molecule has 0 spiro atoms. The van der Waals surface area contributed by atoms with Crippen LogP contribution in [0, 0.1) is 0 Å². The molecule has 0 radical (unpaired) electrons. The fourth-order valence-electron chi connectivity index (χ4n) is 3.85. The first-order valence-electron chi connectivity index (χ1n) is 11.8. The molecule has 2 aromatic carbocycles.